The molecule has 1 atom stereocenters. The van der Waals surface area contributed by atoms with Gasteiger partial charge in [0, 0.05) is 50.8 Å². The molecule has 6 rings (SSSR count). The fraction of sp³-hybridized carbons (Fsp3) is 0.320. The van der Waals surface area contributed by atoms with Crippen LogP contribution in [-0.4, -0.2) is 65.6 Å². The molecule has 0 saturated carbocycles. The lowest BCUT2D eigenvalue weighted by atomic mass is 10.0. The zero-order valence-corrected chi connectivity index (χ0v) is 20.0. The molecular formula is C25H22N8O4. The number of nitrogens with zero attached hydrogens (tertiary/aromatic N) is 7. The molecule has 1 aromatic carbocycles. The van der Waals surface area contributed by atoms with Crippen molar-refractivity contribution in [3.63, 3.8) is 0 Å². The SMILES string of the molecule is Cn1c(C#N)cc2c1CCN(C(=O)c1cn(-c3ccc4c(c3)CN(C3CCC(=O)NC3=O)C4=O)nn1)C2. The topological polar surface area (TPSA) is 146 Å². The van der Waals surface area contributed by atoms with Gasteiger partial charge in [0.05, 0.1) is 11.9 Å². The van der Waals surface area contributed by atoms with Gasteiger partial charge < -0.3 is 14.4 Å². The Morgan fingerprint density at radius 1 is 1.14 bits per heavy atom. The summed E-state index contributed by atoms with van der Waals surface area (Å²) in [7, 11) is 1.86. The monoisotopic (exact) mass is 498 g/mol. The lowest BCUT2D eigenvalue weighted by Gasteiger charge is -2.29. The van der Waals surface area contributed by atoms with Gasteiger partial charge in [0.2, 0.25) is 11.8 Å². The van der Waals surface area contributed by atoms with E-state index >= 15 is 0 Å². The predicted octanol–water partition coefficient (Wildman–Crippen LogP) is 0.437. The zero-order valence-electron chi connectivity index (χ0n) is 20.0. The number of piperidine rings is 1. The third kappa shape index (κ3) is 3.67. The van der Waals surface area contributed by atoms with E-state index in [9.17, 15) is 24.4 Å². The van der Waals surface area contributed by atoms with Gasteiger partial charge in [-0.15, -0.1) is 5.10 Å². The maximum absolute atomic E-state index is 13.1. The maximum atomic E-state index is 13.1. The van der Waals surface area contributed by atoms with Crippen molar-refractivity contribution in [2.75, 3.05) is 6.54 Å². The summed E-state index contributed by atoms with van der Waals surface area (Å²) in [4.78, 5) is 53.0. The number of hydrogen-bond acceptors (Lipinski definition) is 7. The van der Waals surface area contributed by atoms with Crippen LogP contribution in [0.2, 0.25) is 0 Å². The van der Waals surface area contributed by atoms with Crippen LogP contribution < -0.4 is 5.32 Å². The Labute approximate surface area is 211 Å². The number of imide groups is 1. The van der Waals surface area contributed by atoms with E-state index in [0.29, 0.717) is 42.9 Å². The number of carbonyl (C=O) groups excluding carboxylic acids is 4. The Bertz CT molecular complexity index is 1540. The lowest BCUT2D eigenvalue weighted by molar-refractivity contribution is -0.136. The molecule has 1 fully saturated rings. The average molecular weight is 499 g/mol. The van der Waals surface area contributed by atoms with E-state index in [1.807, 2.05) is 17.7 Å². The fourth-order valence-electron chi connectivity index (χ4n) is 5.33. The Kier molecular flexibility index (Phi) is 5.15. The molecule has 0 aliphatic carbocycles. The number of aromatic nitrogens is 4. The van der Waals surface area contributed by atoms with Gasteiger partial charge in [-0.05, 0) is 41.8 Å². The first-order valence-corrected chi connectivity index (χ1v) is 11.9. The quantitative estimate of drug-likeness (QED) is 0.516. The molecule has 0 radical (unpaired) electrons. The van der Waals surface area contributed by atoms with Crippen molar-refractivity contribution >= 4 is 23.6 Å². The van der Waals surface area contributed by atoms with Crippen LogP contribution >= 0.6 is 0 Å². The summed E-state index contributed by atoms with van der Waals surface area (Å²) in [6.45, 7) is 1.15. The number of fused-ring (bicyclic) bond motifs is 2. The van der Waals surface area contributed by atoms with Gasteiger partial charge >= 0.3 is 0 Å². The minimum atomic E-state index is -0.685. The maximum Gasteiger partial charge on any atom is 0.276 e. The van der Waals surface area contributed by atoms with Crippen LogP contribution in [0.3, 0.4) is 0 Å². The van der Waals surface area contributed by atoms with Crippen LogP contribution in [0, 0.1) is 11.3 Å². The van der Waals surface area contributed by atoms with E-state index in [-0.39, 0.29) is 36.4 Å². The fourth-order valence-corrected chi connectivity index (χ4v) is 5.33. The third-order valence-corrected chi connectivity index (χ3v) is 7.31. The molecule has 186 valence electrons. The first-order valence-electron chi connectivity index (χ1n) is 11.9. The number of hydrogen-bond donors (Lipinski definition) is 1. The van der Waals surface area contributed by atoms with E-state index in [0.717, 1.165) is 16.8 Å². The summed E-state index contributed by atoms with van der Waals surface area (Å²) in [6.07, 6.45) is 2.69. The molecule has 1 unspecified atom stereocenters. The Balaban J connectivity index is 1.19. The number of nitriles is 1. The first-order chi connectivity index (χ1) is 17.8. The van der Waals surface area contributed by atoms with Crippen molar-refractivity contribution in [1.29, 1.82) is 5.26 Å². The van der Waals surface area contributed by atoms with Crippen molar-refractivity contribution < 1.29 is 19.2 Å². The molecular weight excluding hydrogens is 476 g/mol. The minimum absolute atomic E-state index is 0.194. The summed E-state index contributed by atoms with van der Waals surface area (Å²) in [5.74, 6) is -1.29. The Hall–Kier alpha value is -4.79. The predicted molar refractivity (Wildman–Crippen MR) is 126 cm³/mol. The highest BCUT2D eigenvalue weighted by atomic mass is 16.2. The number of rotatable bonds is 3. The zero-order chi connectivity index (χ0) is 25.8. The van der Waals surface area contributed by atoms with Crippen LogP contribution in [0.1, 0.15) is 56.2 Å². The van der Waals surface area contributed by atoms with Gasteiger partial charge in [0.25, 0.3) is 11.8 Å². The number of nitrogens with one attached hydrogen (secondary N) is 1. The van der Waals surface area contributed by atoms with Gasteiger partial charge in [-0.2, -0.15) is 5.26 Å². The van der Waals surface area contributed by atoms with E-state index in [1.54, 1.807) is 29.3 Å². The van der Waals surface area contributed by atoms with Crippen molar-refractivity contribution in [1.82, 2.24) is 34.7 Å². The van der Waals surface area contributed by atoms with Crippen LogP contribution in [0.4, 0.5) is 0 Å². The van der Waals surface area contributed by atoms with Crippen molar-refractivity contribution in [2.45, 2.75) is 38.4 Å². The molecule has 4 amide bonds. The number of amides is 4. The molecule has 3 aromatic rings. The summed E-state index contributed by atoms with van der Waals surface area (Å²) >= 11 is 0. The molecule has 3 aliphatic heterocycles. The normalized spacial score (nSPS) is 18.9. The molecule has 5 heterocycles. The van der Waals surface area contributed by atoms with Gasteiger partial charge in [0.1, 0.15) is 17.8 Å². The first kappa shape index (κ1) is 22.7. The summed E-state index contributed by atoms with van der Waals surface area (Å²) < 4.78 is 3.35. The van der Waals surface area contributed by atoms with Crippen LogP contribution in [-0.2, 0) is 36.1 Å². The van der Waals surface area contributed by atoms with Crippen molar-refractivity contribution in [2.24, 2.45) is 7.05 Å². The smallest absolute Gasteiger partial charge is 0.276 e. The molecule has 37 heavy (non-hydrogen) atoms. The largest absolute Gasteiger partial charge is 0.339 e. The van der Waals surface area contributed by atoms with Crippen molar-refractivity contribution in [3.8, 4) is 11.8 Å². The highest BCUT2D eigenvalue weighted by molar-refractivity contribution is 6.05. The Morgan fingerprint density at radius 3 is 2.76 bits per heavy atom. The molecule has 1 saturated heterocycles. The van der Waals surface area contributed by atoms with Crippen molar-refractivity contribution in [3.05, 3.63) is 64.2 Å². The second-order valence-corrected chi connectivity index (χ2v) is 9.44. The molecule has 3 aliphatic rings. The summed E-state index contributed by atoms with van der Waals surface area (Å²) in [5, 5.41) is 19.8. The van der Waals surface area contributed by atoms with E-state index in [1.165, 1.54) is 9.58 Å². The molecule has 12 heteroatoms. The van der Waals surface area contributed by atoms with E-state index in [2.05, 4.69) is 21.7 Å². The van der Waals surface area contributed by atoms with Crippen LogP contribution in [0.5, 0.6) is 0 Å². The molecule has 2 aromatic heterocycles. The second-order valence-electron chi connectivity index (χ2n) is 9.44. The van der Waals surface area contributed by atoms with Gasteiger partial charge in [0.15, 0.2) is 5.69 Å². The highest BCUT2D eigenvalue weighted by Gasteiger charge is 2.39. The summed E-state index contributed by atoms with van der Waals surface area (Å²) in [6, 6.07) is 8.49. The highest BCUT2D eigenvalue weighted by Crippen LogP contribution is 2.29. The van der Waals surface area contributed by atoms with Crippen LogP contribution in [0.25, 0.3) is 5.69 Å². The lowest BCUT2D eigenvalue weighted by Crippen LogP contribution is -2.52. The molecule has 0 spiro atoms. The van der Waals surface area contributed by atoms with E-state index in [4.69, 9.17) is 0 Å². The van der Waals surface area contributed by atoms with Gasteiger partial charge in [-0.3, -0.25) is 24.5 Å². The Morgan fingerprint density at radius 2 is 1.97 bits per heavy atom. The summed E-state index contributed by atoms with van der Waals surface area (Å²) in [5.41, 5.74) is 4.63. The van der Waals surface area contributed by atoms with Crippen LogP contribution in [0.15, 0.2) is 30.5 Å². The number of benzene rings is 1. The third-order valence-electron chi connectivity index (χ3n) is 7.31. The second kappa shape index (κ2) is 8.41. The number of carbonyl (C=O) groups is 4. The minimum Gasteiger partial charge on any atom is -0.339 e. The average Bonchev–Trinajstić information content (AvgIpc) is 3.59. The molecule has 1 N–H and O–H groups in total. The van der Waals surface area contributed by atoms with E-state index < -0.39 is 11.9 Å². The molecule has 0 bridgehead atoms. The molecule has 12 nitrogen and oxygen atoms in total. The standard InChI is InChI=1S/C25H22N8O4/c1-30-17(10-26)9-15-11-31(7-6-20(15)30)25(37)19-13-33(29-28-19)16-2-3-18-14(8-16)12-32(24(18)36)21-4-5-22(34)27-23(21)35/h2-3,8-9,13,21H,4-7,11-12H2,1H3,(H,27,34,35). The van der Waals surface area contributed by atoms with Gasteiger partial charge in [-0.1, -0.05) is 5.21 Å². The van der Waals surface area contributed by atoms with Gasteiger partial charge in [-0.25, -0.2) is 4.68 Å².